The van der Waals surface area contributed by atoms with E-state index in [1.165, 1.54) is 0 Å². The summed E-state index contributed by atoms with van der Waals surface area (Å²) in [6.07, 6.45) is 4.03. The van der Waals surface area contributed by atoms with E-state index in [0.717, 1.165) is 12.8 Å². The SMILES string of the molecule is COCC(C)n1ccc(NC(=O)C2(C(=O)O)CCCC2)n1. The summed E-state index contributed by atoms with van der Waals surface area (Å²) in [7, 11) is 1.61. The first-order chi connectivity index (χ1) is 9.99. The fourth-order valence-electron chi connectivity index (χ4n) is 2.72. The van der Waals surface area contributed by atoms with Gasteiger partial charge in [0.15, 0.2) is 5.82 Å². The Morgan fingerprint density at radius 2 is 2.19 bits per heavy atom. The number of ether oxygens (including phenoxy) is 1. The second-order valence-electron chi connectivity index (χ2n) is 5.53. The van der Waals surface area contributed by atoms with Crippen molar-refractivity contribution in [2.45, 2.75) is 38.6 Å². The van der Waals surface area contributed by atoms with Gasteiger partial charge in [-0.25, -0.2) is 0 Å². The molecule has 1 fully saturated rings. The largest absolute Gasteiger partial charge is 0.480 e. The van der Waals surface area contributed by atoms with Crippen LogP contribution in [-0.4, -0.2) is 40.5 Å². The van der Waals surface area contributed by atoms with E-state index < -0.39 is 17.3 Å². The molecule has 1 atom stereocenters. The van der Waals surface area contributed by atoms with Crippen molar-refractivity contribution in [3.8, 4) is 0 Å². The van der Waals surface area contributed by atoms with Gasteiger partial charge in [-0.15, -0.1) is 0 Å². The van der Waals surface area contributed by atoms with Gasteiger partial charge in [0, 0.05) is 19.4 Å². The number of aromatic nitrogens is 2. The minimum atomic E-state index is -1.30. The van der Waals surface area contributed by atoms with Crippen molar-refractivity contribution in [3.05, 3.63) is 12.3 Å². The minimum Gasteiger partial charge on any atom is -0.480 e. The molecule has 1 unspecified atom stereocenters. The number of nitrogens with one attached hydrogen (secondary N) is 1. The van der Waals surface area contributed by atoms with Gasteiger partial charge >= 0.3 is 5.97 Å². The fraction of sp³-hybridized carbons (Fsp3) is 0.643. The lowest BCUT2D eigenvalue weighted by molar-refractivity contribution is -0.153. The van der Waals surface area contributed by atoms with E-state index in [4.69, 9.17) is 4.74 Å². The molecular formula is C14H21N3O4. The molecule has 1 aliphatic rings. The monoisotopic (exact) mass is 295 g/mol. The third kappa shape index (κ3) is 3.07. The molecule has 0 bridgehead atoms. The predicted molar refractivity (Wildman–Crippen MR) is 76.0 cm³/mol. The van der Waals surface area contributed by atoms with E-state index >= 15 is 0 Å². The van der Waals surface area contributed by atoms with Crippen LogP contribution in [0.2, 0.25) is 0 Å². The van der Waals surface area contributed by atoms with E-state index in [0.29, 0.717) is 25.3 Å². The van der Waals surface area contributed by atoms with Gasteiger partial charge in [0.05, 0.1) is 12.6 Å². The first-order valence-electron chi connectivity index (χ1n) is 7.08. The zero-order valence-electron chi connectivity index (χ0n) is 12.3. The molecule has 1 amide bonds. The zero-order valence-corrected chi connectivity index (χ0v) is 12.3. The standard InChI is InChI=1S/C14H21N3O4/c1-10(9-21-2)17-8-5-11(16-17)15-12(18)14(13(19)20)6-3-4-7-14/h5,8,10H,3-4,6-7,9H2,1-2H3,(H,19,20)(H,15,16,18). The first-order valence-corrected chi connectivity index (χ1v) is 7.08. The molecule has 1 saturated carbocycles. The Morgan fingerprint density at radius 3 is 2.76 bits per heavy atom. The van der Waals surface area contributed by atoms with Gasteiger partial charge in [-0.3, -0.25) is 14.3 Å². The smallest absolute Gasteiger partial charge is 0.319 e. The van der Waals surface area contributed by atoms with Crippen LogP contribution in [0.5, 0.6) is 0 Å². The number of methoxy groups -OCH3 is 1. The van der Waals surface area contributed by atoms with Gasteiger partial charge in [0.25, 0.3) is 0 Å². The lowest BCUT2D eigenvalue weighted by Crippen LogP contribution is -2.41. The molecule has 0 saturated heterocycles. The van der Waals surface area contributed by atoms with E-state index in [1.807, 2.05) is 6.92 Å². The summed E-state index contributed by atoms with van der Waals surface area (Å²) < 4.78 is 6.73. The van der Waals surface area contributed by atoms with Crippen LogP contribution >= 0.6 is 0 Å². The normalized spacial score (nSPS) is 18.4. The number of carboxylic acid groups (broad SMARTS) is 1. The molecule has 7 heteroatoms. The van der Waals surface area contributed by atoms with Crippen molar-refractivity contribution in [2.75, 3.05) is 19.0 Å². The molecule has 116 valence electrons. The maximum absolute atomic E-state index is 12.3. The number of nitrogens with zero attached hydrogens (tertiary/aromatic N) is 2. The van der Waals surface area contributed by atoms with Crippen molar-refractivity contribution in [3.63, 3.8) is 0 Å². The summed E-state index contributed by atoms with van der Waals surface area (Å²) in [4.78, 5) is 23.8. The maximum atomic E-state index is 12.3. The van der Waals surface area contributed by atoms with Crippen molar-refractivity contribution < 1.29 is 19.4 Å². The van der Waals surface area contributed by atoms with E-state index in [1.54, 1.807) is 24.1 Å². The predicted octanol–water partition coefficient (Wildman–Crippen LogP) is 1.67. The Morgan fingerprint density at radius 1 is 1.52 bits per heavy atom. The fourth-order valence-corrected chi connectivity index (χ4v) is 2.72. The van der Waals surface area contributed by atoms with Gasteiger partial charge in [-0.2, -0.15) is 5.10 Å². The Bertz CT molecular complexity index is 520. The maximum Gasteiger partial charge on any atom is 0.319 e. The van der Waals surface area contributed by atoms with Crippen LogP contribution in [0.4, 0.5) is 5.82 Å². The average Bonchev–Trinajstić information content (AvgIpc) is 3.08. The molecule has 2 rings (SSSR count). The van der Waals surface area contributed by atoms with Crippen molar-refractivity contribution in [2.24, 2.45) is 5.41 Å². The van der Waals surface area contributed by atoms with Crippen molar-refractivity contribution in [1.82, 2.24) is 9.78 Å². The number of hydrogen-bond donors (Lipinski definition) is 2. The van der Waals surface area contributed by atoms with E-state index in [9.17, 15) is 14.7 Å². The molecule has 1 aromatic heterocycles. The Hall–Kier alpha value is -1.89. The summed E-state index contributed by atoms with van der Waals surface area (Å²) in [6.45, 7) is 2.45. The zero-order chi connectivity index (χ0) is 15.5. The minimum absolute atomic E-state index is 0.0422. The van der Waals surface area contributed by atoms with Crippen LogP contribution in [0.3, 0.4) is 0 Å². The molecule has 0 spiro atoms. The number of amides is 1. The second kappa shape index (κ2) is 6.26. The molecule has 1 heterocycles. The molecule has 1 aliphatic carbocycles. The van der Waals surface area contributed by atoms with Crippen LogP contribution in [0.1, 0.15) is 38.6 Å². The lowest BCUT2D eigenvalue weighted by atomic mass is 9.85. The molecule has 7 nitrogen and oxygen atoms in total. The molecule has 0 aromatic carbocycles. The van der Waals surface area contributed by atoms with Gasteiger partial charge in [-0.05, 0) is 19.8 Å². The molecule has 0 radical (unpaired) electrons. The van der Waals surface area contributed by atoms with Gasteiger partial charge in [-0.1, -0.05) is 12.8 Å². The van der Waals surface area contributed by atoms with Crippen molar-refractivity contribution in [1.29, 1.82) is 0 Å². The van der Waals surface area contributed by atoms with Gasteiger partial charge in [0.1, 0.15) is 5.41 Å². The quantitative estimate of drug-likeness (QED) is 0.779. The lowest BCUT2D eigenvalue weighted by Gasteiger charge is -2.21. The summed E-state index contributed by atoms with van der Waals surface area (Å²) in [5.41, 5.74) is -1.30. The number of hydrogen-bond acceptors (Lipinski definition) is 4. The van der Waals surface area contributed by atoms with Gasteiger partial charge in [0.2, 0.25) is 5.91 Å². The van der Waals surface area contributed by atoms with Crippen LogP contribution in [0.25, 0.3) is 0 Å². The number of rotatable bonds is 6. The van der Waals surface area contributed by atoms with Crippen molar-refractivity contribution >= 4 is 17.7 Å². The van der Waals surface area contributed by atoms with Crippen LogP contribution in [0.15, 0.2) is 12.3 Å². The van der Waals surface area contributed by atoms with Crippen LogP contribution in [0, 0.1) is 5.41 Å². The molecular weight excluding hydrogens is 274 g/mol. The highest BCUT2D eigenvalue weighted by molar-refractivity contribution is 6.08. The summed E-state index contributed by atoms with van der Waals surface area (Å²) in [6, 6.07) is 1.70. The topological polar surface area (TPSA) is 93.5 Å². The Balaban J connectivity index is 2.07. The number of anilines is 1. The Kier molecular flexibility index (Phi) is 4.62. The molecule has 1 aromatic rings. The number of carbonyl (C=O) groups is 2. The highest BCUT2D eigenvalue weighted by Gasteiger charge is 2.48. The van der Waals surface area contributed by atoms with Crippen LogP contribution in [-0.2, 0) is 14.3 Å². The molecule has 2 N–H and O–H groups in total. The average molecular weight is 295 g/mol. The highest BCUT2D eigenvalue weighted by Crippen LogP contribution is 2.39. The third-order valence-electron chi connectivity index (χ3n) is 4.01. The Labute approximate surface area is 123 Å². The third-order valence-corrected chi connectivity index (χ3v) is 4.01. The molecule has 0 aliphatic heterocycles. The van der Waals surface area contributed by atoms with Gasteiger partial charge < -0.3 is 15.2 Å². The van der Waals surface area contributed by atoms with Crippen LogP contribution < -0.4 is 5.32 Å². The number of carbonyl (C=O) groups excluding carboxylic acids is 1. The van der Waals surface area contributed by atoms with E-state index in [2.05, 4.69) is 10.4 Å². The number of aliphatic carboxylic acids is 1. The first kappa shape index (κ1) is 15.5. The number of carboxylic acids is 1. The molecule has 21 heavy (non-hydrogen) atoms. The van der Waals surface area contributed by atoms with E-state index in [-0.39, 0.29) is 6.04 Å². The second-order valence-corrected chi connectivity index (χ2v) is 5.53. The highest BCUT2D eigenvalue weighted by atomic mass is 16.5. The summed E-state index contributed by atoms with van der Waals surface area (Å²) in [5.74, 6) is -1.16. The summed E-state index contributed by atoms with van der Waals surface area (Å²) in [5, 5.41) is 16.2. The summed E-state index contributed by atoms with van der Waals surface area (Å²) >= 11 is 0.